The summed E-state index contributed by atoms with van der Waals surface area (Å²) in [4.78, 5) is 35.9. The van der Waals surface area contributed by atoms with Crippen molar-refractivity contribution in [3.05, 3.63) is 53.4 Å². The molecule has 7 nitrogen and oxygen atoms in total. The normalized spacial score (nSPS) is 12.8. The van der Waals surface area contributed by atoms with Crippen molar-refractivity contribution in [2.75, 3.05) is 5.32 Å². The Morgan fingerprint density at radius 3 is 2.48 bits per heavy atom. The van der Waals surface area contributed by atoms with E-state index in [1.54, 1.807) is 30.3 Å². The van der Waals surface area contributed by atoms with E-state index < -0.39 is 29.9 Å². The lowest BCUT2D eigenvalue weighted by molar-refractivity contribution is -0.154. The van der Waals surface area contributed by atoms with Gasteiger partial charge in [0.15, 0.2) is 11.9 Å². The fourth-order valence-electron chi connectivity index (χ4n) is 1.86. The molecule has 0 radical (unpaired) electrons. The number of carbonyl (C=O) groups excluding carboxylic acids is 3. The summed E-state index contributed by atoms with van der Waals surface area (Å²) in [6, 6.07) is 8.76. The van der Waals surface area contributed by atoms with Gasteiger partial charge in [-0.1, -0.05) is 23.7 Å². The molecule has 0 aliphatic rings. The number of hydrogen-bond acceptors (Lipinski definition) is 5. The minimum atomic E-state index is -1.06. The Labute approximate surface area is 149 Å². The van der Waals surface area contributed by atoms with E-state index in [9.17, 15) is 14.4 Å². The fraction of sp³-hybridized carbons (Fsp3) is 0.235. The Morgan fingerprint density at radius 1 is 1.12 bits per heavy atom. The molecule has 0 saturated carbocycles. The number of ether oxygens (including phenoxy) is 1. The second kappa shape index (κ2) is 8.34. The number of furan rings is 1. The molecule has 8 heteroatoms. The highest BCUT2D eigenvalue weighted by Crippen LogP contribution is 2.20. The van der Waals surface area contributed by atoms with Crippen LogP contribution < -0.4 is 10.6 Å². The molecule has 132 valence electrons. The Kier molecular flexibility index (Phi) is 6.19. The average molecular weight is 365 g/mol. The molecule has 0 spiro atoms. The molecule has 0 unspecified atom stereocenters. The number of esters is 1. The Balaban J connectivity index is 1.87. The molecule has 1 aromatic heterocycles. The molecular weight excluding hydrogens is 348 g/mol. The fourth-order valence-corrected chi connectivity index (χ4v) is 2.04. The topological polar surface area (TPSA) is 97.6 Å². The molecule has 1 aromatic carbocycles. The quantitative estimate of drug-likeness (QED) is 0.768. The molecule has 1 heterocycles. The van der Waals surface area contributed by atoms with Crippen LogP contribution in [0.3, 0.4) is 0 Å². The molecule has 0 bridgehead atoms. The molecule has 0 saturated heterocycles. The number of amides is 2. The summed E-state index contributed by atoms with van der Waals surface area (Å²) in [5.74, 6) is -1.76. The van der Waals surface area contributed by atoms with Crippen LogP contribution in [0.5, 0.6) is 0 Å². The van der Waals surface area contributed by atoms with E-state index in [0.717, 1.165) is 0 Å². The number of para-hydroxylation sites is 1. The molecule has 0 aliphatic carbocycles. The van der Waals surface area contributed by atoms with Crippen molar-refractivity contribution < 1.29 is 23.5 Å². The maximum absolute atomic E-state index is 12.1. The van der Waals surface area contributed by atoms with Gasteiger partial charge in [0.2, 0.25) is 0 Å². The van der Waals surface area contributed by atoms with Crippen LogP contribution in [-0.4, -0.2) is 29.9 Å². The van der Waals surface area contributed by atoms with E-state index in [1.807, 2.05) is 0 Å². The summed E-state index contributed by atoms with van der Waals surface area (Å²) < 4.78 is 10.00. The van der Waals surface area contributed by atoms with E-state index in [0.29, 0.717) is 10.7 Å². The van der Waals surface area contributed by atoms with Gasteiger partial charge in [0.25, 0.3) is 11.8 Å². The highest BCUT2D eigenvalue weighted by molar-refractivity contribution is 6.33. The average Bonchev–Trinajstić information content (AvgIpc) is 3.11. The minimum absolute atomic E-state index is 0.0733. The molecule has 2 amide bonds. The first-order valence-corrected chi connectivity index (χ1v) is 7.86. The molecule has 0 fully saturated rings. The second-order valence-corrected chi connectivity index (χ2v) is 5.63. The number of anilines is 1. The lowest BCUT2D eigenvalue weighted by Crippen LogP contribution is -2.42. The summed E-state index contributed by atoms with van der Waals surface area (Å²) in [5, 5.41) is 5.36. The third-order valence-electron chi connectivity index (χ3n) is 3.24. The van der Waals surface area contributed by atoms with Gasteiger partial charge < -0.3 is 19.8 Å². The van der Waals surface area contributed by atoms with Crippen molar-refractivity contribution in [3.63, 3.8) is 0 Å². The lowest BCUT2D eigenvalue weighted by atomic mass is 10.3. The molecule has 2 N–H and O–H groups in total. The first-order chi connectivity index (χ1) is 11.9. The van der Waals surface area contributed by atoms with Gasteiger partial charge in [-0.25, -0.2) is 4.79 Å². The third kappa shape index (κ3) is 5.09. The van der Waals surface area contributed by atoms with E-state index in [4.69, 9.17) is 20.8 Å². The molecule has 2 atom stereocenters. The highest BCUT2D eigenvalue weighted by Gasteiger charge is 2.24. The van der Waals surface area contributed by atoms with Crippen LogP contribution in [0.2, 0.25) is 5.02 Å². The van der Waals surface area contributed by atoms with Crippen molar-refractivity contribution >= 4 is 35.1 Å². The second-order valence-electron chi connectivity index (χ2n) is 5.22. The van der Waals surface area contributed by atoms with Gasteiger partial charge >= 0.3 is 5.97 Å². The van der Waals surface area contributed by atoms with Crippen LogP contribution in [0.25, 0.3) is 0 Å². The van der Waals surface area contributed by atoms with E-state index in [-0.39, 0.29) is 5.76 Å². The zero-order valence-electron chi connectivity index (χ0n) is 13.6. The number of benzene rings is 1. The number of rotatable bonds is 6. The predicted octanol–water partition coefficient (Wildman–Crippen LogP) is 2.62. The molecule has 2 aromatic rings. The maximum Gasteiger partial charge on any atom is 0.329 e. The number of hydrogen-bond donors (Lipinski definition) is 2. The van der Waals surface area contributed by atoms with Crippen molar-refractivity contribution in [3.8, 4) is 0 Å². The van der Waals surface area contributed by atoms with Crippen LogP contribution in [0.4, 0.5) is 5.69 Å². The minimum Gasteiger partial charge on any atom is -0.459 e. The summed E-state index contributed by atoms with van der Waals surface area (Å²) in [6.45, 7) is 2.87. The summed E-state index contributed by atoms with van der Waals surface area (Å²) in [7, 11) is 0. The first-order valence-electron chi connectivity index (χ1n) is 7.48. The van der Waals surface area contributed by atoms with Crippen LogP contribution >= 0.6 is 11.6 Å². The zero-order chi connectivity index (χ0) is 18.4. The maximum atomic E-state index is 12.1. The number of nitrogens with one attached hydrogen (secondary N) is 2. The standard InChI is InChI=1S/C17H17ClN2O5/c1-10(19-16(22)14-8-5-9-24-14)17(23)25-11(2)15(21)20-13-7-4-3-6-12(13)18/h3-11H,1-2H3,(H,19,22)(H,20,21)/t10-,11+/m0/s1. The van der Waals surface area contributed by atoms with Crippen molar-refractivity contribution in [2.45, 2.75) is 26.0 Å². The van der Waals surface area contributed by atoms with E-state index in [2.05, 4.69) is 10.6 Å². The zero-order valence-corrected chi connectivity index (χ0v) is 14.4. The van der Waals surface area contributed by atoms with Gasteiger partial charge in [-0.3, -0.25) is 9.59 Å². The van der Waals surface area contributed by atoms with Gasteiger partial charge in [0, 0.05) is 0 Å². The Hall–Kier alpha value is -2.80. The van der Waals surface area contributed by atoms with E-state index >= 15 is 0 Å². The SMILES string of the molecule is C[C@H](NC(=O)c1ccco1)C(=O)O[C@H](C)C(=O)Nc1ccccc1Cl. The van der Waals surface area contributed by atoms with Crippen molar-refractivity contribution in [1.82, 2.24) is 5.32 Å². The number of halogens is 1. The summed E-state index contributed by atoms with van der Waals surface area (Å²) >= 11 is 5.96. The first kappa shape index (κ1) is 18.5. The smallest absolute Gasteiger partial charge is 0.329 e. The largest absolute Gasteiger partial charge is 0.459 e. The molecule has 2 rings (SSSR count). The third-order valence-corrected chi connectivity index (χ3v) is 3.57. The van der Waals surface area contributed by atoms with Crippen LogP contribution in [0.1, 0.15) is 24.4 Å². The lowest BCUT2D eigenvalue weighted by Gasteiger charge is -2.17. The van der Waals surface area contributed by atoms with Gasteiger partial charge in [0.1, 0.15) is 6.04 Å². The molecule has 0 aliphatic heterocycles. The van der Waals surface area contributed by atoms with Crippen LogP contribution in [0, 0.1) is 0 Å². The van der Waals surface area contributed by atoms with Gasteiger partial charge in [-0.05, 0) is 38.1 Å². The van der Waals surface area contributed by atoms with Gasteiger partial charge in [0.05, 0.1) is 17.0 Å². The van der Waals surface area contributed by atoms with Gasteiger partial charge in [-0.15, -0.1) is 0 Å². The highest BCUT2D eigenvalue weighted by atomic mass is 35.5. The van der Waals surface area contributed by atoms with Crippen LogP contribution in [-0.2, 0) is 14.3 Å². The molecule has 25 heavy (non-hydrogen) atoms. The van der Waals surface area contributed by atoms with Crippen LogP contribution in [0.15, 0.2) is 47.1 Å². The Morgan fingerprint density at radius 2 is 1.84 bits per heavy atom. The number of carbonyl (C=O) groups is 3. The summed E-state index contributed by atoms with van der Waals surface area (Å²) in [5.41, 5.74) is 0.413. The predicted molar refractivity (Wildman–Crippen MR) is 91.3 cm³/mol. The summed E-state index contributed by atoms with van der Waals surface area (Å²) in [6.07, 6.45) is 0.283. The Bertz CT molecular complexity index is 760. The van der Waals surface area contributed by atoms with Crippen molar-refractivity contribution in [2.24, 2.45) is 0 Å². The monoisotopic (exact) mass is 364 g/mol. The molecular formula is C17H17ClN2O5. The van der Waals surface area contributed by atoms with E-state index in [1.165, 1.54) is 26.2 Å². The van der Waals surface area contributed by atoms with Gasteiger partial charge in [-0.2, -0.15) is 0 Å². The van der Waals surface area contributed by atoms with Crippen molar-refractivity contribution in [1.29, 1.82) is 0 Å².